The molecule has 0 aliphatic heterocycles. The summed E-state index contributed by atoms with van der Waals surface area (Å²) in [4.78, 5) is 0. The van der Waals surface area contributed by atoms with E-state index in [1.807, 2.05) is 0 Å². The van der Waals surface area contributed by atoms with Gasteiger partial charge in [0, 0.05) is 13.2 Å². The number of hydrogen-bond donors (Lipinski definition) is 1. The van der Waals surface area contributed by atoms with Gasteiger partial charge < -0.3 is 15.2 Å². The predicted octanol–water partition coefficient (Wildman–Crippen LogP) is 3.10. The Morgan fingerprint density at radius 1 is 1.05 bits per heavy atom. The van der Waals surface area contributed by atoms with Gasteiger partial charge in [0.25, 0.3) is 0 Å². The Morgan fingerprint density at radius 2 is 1.53 bits per heavy atom. The molecule has 0 aliphatic rings. The fraction of sp³-hybridized carbons (Fsp3) is 0.538. The molecule has 0 radical (unpaired) electrons. The summed E-state index contributed by atoms with van der Waals surface area (Å²) in [5.74, 6) is 0. The van der Waals surface area contributed by atoms with Gasteiger partial charge in [-0.05, 0) is 31.5 Å². The van der Waals surface area contributed by atoms with Crippen molar-refractivity contribution in [2.24, 2.45) is 5.73 Å². The number of rotatable bonds is 6. The topological polar surface area (TPSA) is 44.5 Å². The lowest BCUT2D eigenvalue weighted by atomic mass is 10.0. The minimum atomic E-state index is -4.35. The molecule has 0 bridgehead atoms. The Labute approximate surface area is 110 Å². The molecule has 0 aliphatic carbocycles. The molecule has 0 heterocycles. The highest BCUT2D eigenvalue weighted by Crippen LogP contribution is 2.30. The number of nitrogens with two attached hydrogens (primary N) is 1. The normalized spacial score (nSPS) is 13.8. The van der Waals surface area contributed by atoms with Crippen molar-refractivity contribution in [2.75, 3.05) is 13.2 Å². The van der Waals surface area contributed by atoms with Gasteiger partial charge in [0.05, 0.1) is 11.6 Å². The number of hydrogen-bond acceptors (Lipinski definition) is 3. The highest BCUT2D eigenvalue weighted by molar-refractivity contribution is 5.27. The third-order valence-corrected chi connectivity index (χ3v) is 2.58. The van der Waals surface area contributed by atoms with Crippen LogP contribution in [0, 0.1) is 0 Å². The molecule has 6 heteroatoms. The summed E-state index contributed by atoms with van der Waals surface area (Å²) in [7, 11) is 0. The quantitative estimate of drug-likeness (QED) is 0.813. The van der Waals surface area contributed by atoms with Gasteiger partial charge >= 0.3 is 6.18 Å². The van der Waals surface area contributed by atoms with E-state index in [2.05, 4.69) is 0 Å². The van der Waals surface area contributed by atoms with Crippen LogP contribution in [0.4, 0.5) is 13.2 Å². The van der Waals surface area contributed by atoms with Gasteiger partial charge in [-0.3, -0.25) is 0 Å². The molecule has 1 unspecified atom stereocenters. The number of ether oxygens (including phenoxy) is 2. The molecular formula is C13H18F3NO2. The van der Waals surface area contributed by atoms with E-state index in [0.717, 1.165) is 12.1 Å². The second-order valence-electron chi connectivity index (χ2n) is 3.92. The van der Waals surface area contributed by atoms with Crippen molar-refractivity contribution in [1.82, 2.24) is 0 Å². The minimum Gasteiger partial charge on any atom is -0.351 e. The van der Waals surface area contributed by atoms with Crippen molar-refractivity contribution >= 4 is 0 Å². The Morgan fingerprint density at radius 3 is 1.89 bits per heavy atom. The summed E-state index contributed by atoms with van der Waals surface area (Å²) in [6.45, 7) is 4.43. The van der Waals surface area contributed by atoms with Gasteiger partial charge in [-0.2, -0.15) is 13.2 Å². The van der Waals surface area contributed by atoms with E-state index in [-0.39, 0.29) is 0 Å². The number of halogens is 3. The van der Waals surface area contributed by atoms with Crippen LogP contribution in [0.15, 0.2) is 24.3 Å². The molecule has 108 valence electrons. The molecule has 0 saturated carbocycles. The summed E-state index contributed by atoms with van der Waals surface area (Å²) < 4.78 is 48.0. The zero-order valence-corrected chi connectivity index (χ0v) is 10.9. The zero-order valence-electron chi connectivity index (χ0n) is 10.9. The SMILES string of the molecule is CCOC(OCC)C(N)c1ccc(C(F)(F)F)cc1. The summed E-state index contributed by atoms with van der Waals surface area (Å²) in [6, 6.07) is 4.08. The molecular weight excluding hydrogens is 259 g/mol. The van der Waals surface area contributed by atoms with E-state index in [4.69, 9.17) is 15.2 Å². The second kappa shape index (κ2) is 6.88. The maximum atomic E-state index is 12.4. The van der Waals surface area contributed by atoms with Crippen LogP contribution in [0.1, 0.15) is 31.0 Å². The van der Waals surface area contributed by atoms with Crippen LogP contribution in [-0.2, 0) is 15.7 Å². The number of benzene rings is 1. The fourth-order valence-corrected chi connectivity index (χ4v) is 1.64. The molecule has 0 spiro atoms. The van der Waals surface area contributed by atoms with Crippen LogP contribution in [0.3, 0.4) is 0 Å². The Balaban J connectivity index is 2.83. The highest BCUT2D eigenvalue weighted by atomic mass is 19.4. The summed E-state index contributed by atoms with van der Waals surface area (Å²) in [5, 5.41) is 0. The Bertz CT molecular complexity index is 372. The summed E-state index contributed by atoms with van der Waals surface area (Å²) in [6.07, 6.45) is -5.01. The molecule has 0 saturated heterocycles. The third kappa shape index (κ3) is 4.49. The molecule has 1 aromatic rings. The van der Waals surface area contributed by atoms with Crippen molar-refractivity contribution in [1.29, 1.82) is 0 Å². The first kappa shape index (κ1) is 15.9. The molecule has 1 atom stereocenters. The molecule has 3 nitrogen and oxygen atoms in total. The Hall–Kier alpha value is -1.11. The van der Waals surface area contributed by atoms with Crippen LogP contribution >= 0.6 is 0 Å². The van der Waals surface area contributed by atoms with E-state index in [1.54, 1.807) is 13.8 Å². The first-order valence-electron chi connectivity index (χ1n) is 6.06. The lowest BCUT2D eigenvalue weighted by Gasteiger charge is -2.24. The fourth-order valence-electron chi connectivity index (χ4n) is 1.64. The van der Waals surface area contributed by atoms with Crippen molar-refractivity contribution in [3.8, 4) is 0 Å². The monoisotopic (exact) mass is 277 g/mol. The molecule has 0 aromatic heterocycles. The zero-order chi connectivity index (χ0) is 14.5. The van der Waals surface area contributed by atoms with Gasteiger partial charge in [-0.1, -0.05) is 12.1 Å². The standard InChI is InChI=1S/C13H18F3NO2/c1-3-18-12(19-4-2)11(17)9-5-7-10(8-6-9)13(14,15)16/h5-8,11-12H,3-4,17H2,1-2H3. The van der Waals surface area contributed by atoms with Gasteiger partial charge in [-0.15, -0.1) is 0 Å². The van der Waals surface area contributed by atoms with E-state index >= 15 is 0 Å². The first-order valence-corrected chi connectivity index (χ1v) is 6.06. The highest BCUT2D eigenvalue weighted by Gasteiger charge is 2.30. The summed E-state index contributed by atoms with van der Waals surface area (Å²) >= 11 is 0. The van der Waals surface area contributed by atoms with Crippen molar-refractivity contribution in [2.45, 2.75) is 32.4 Å². The second-order valence-corrected chi connectivity index (χ2v) is 3.92. The Kier molecular flexibility index (Phi) is 5.78. The van der Waals surface area contributed by atoms with Crippen LogP contribution < -0.4 is 5.73 Å². The molecule has 19 heavy (non-hydrogen) atoms. The van der Waals surface area contributed by atoms with Crippen molar-refractivity contribution in [3.63, 3.8) is 0 Å². The molecule has 2 N–H and O–H groups in total. The first-order chi connectivity index (χ1) is 8.90. The van der Waals surface area contributed by atoms with Crippen LogP contribution in [0.25, 0.3) is 0 Å². The molecule has 1 aromatic carbocycles. The van der Waals surface area contributed by atoms with Crippen LogP contribution in [0.5, 0.6) is 0 Å². The lowest BCUT2D eigenvalue weighted by Crippen LogP contribution is -2.31. The maximum Gasteiger partial charge on any atom is 0.416 e. The van der Waals surface area contributed by atoms with Gasteiger partial charge in [0.15, 0.2) is 6.29 Å². The third-order valence-electron chi connectivity index (χ3n) is 2.58. The maximum absolute atomic E-state index is 12.4. The molecule has 0 amide bonds. The van der Waals surface area contributed by atoms with Crippen molar-refractivity contribution in [3.05, 3.63) is 35.4 Å². The van der Waals surface area contributed by atoms with E-state index < -0.39 is 24.1 Å². The molecule has 0 fully saturated rings. The van der Waals surface area contributed by atoms with Crippen LogP contribution in [-0.4, -0.2) is 19.5 Å². The largest absolute Gasteiger partial charge is 0.416 e. The van der Waals surface area contributed by atoms with Crippen LogP contribution in [0.2, 0.25) is 0 Å². The average Bonchev–Trinajstić information content (AvgIpc) is 2.37. The van der Waals surface area contributed by atoms with E-state index in [1.165, 1.54) is 12.1 Å². The van der Waals surface area contributed by atoms with Gasteiger partial charge in [0.2, 0.25) is 0 Å². The number of alkyl halides is 3. The van der Waals surface area contributed by atoms with Gasteiger partial charge in [0.1, 0.15) is 0 Å². The lowest BCUT2D eigenvalue weighted by molar-refractivity contribution is -0.149. The van der Waals surface area contributed by atoms with E-state index in [9.17, 15) is 13.2 Å². The van der Waals surface area contributed by atoms with E-state index in [0.29, 0.717) is 18.8 Å². The summed E-state index contributed by atoms with van der Waals surface area (Å²) in [5.41, 5.74) is 5.78. The van der Waals surface area contributed by atoms with Crippen molar-refractivity contribution < 1.29 is 22.6 Å². The molecule has 1 rings (SSSR count). The smallest absolute Gasteiger partial charge is 0.351 e. The minimum absolute atomic E-state index is 0.416. The average molecular weight is 277 g/mol. The predicted molar refractivity (Wildman–Crippen MR) is 65.4 cm³/mol. The van der Waals surface area contributed by atoms with Gasteiger partial charge in [-0.25, -0.2) is 0 Å².